The molecule has 0 amide bonds. The first-order valence-corrected chi connectivity index (χ1v) is 5.71. The molecule has 3 nitrogen and oxygen atoms in total. The second kappa shape index (κ2) is 5.87. The average Bonchev–Trinajstić information content (AvgIpc) is 2.28. The van der Waals surface area contributed by atoms with E-state index in [1.807, 2.05) is 13.0 Å². The molecule has 0 radical (unpaired) electrons. The maximum Gasteiger partial charge on any atom is 0.122 e. The Morgan fingerprint density at radius 3 is 2.50 bits per heavy atom. The molecular weight excluding hydrogens is 200 g/mol. The molecular formula is C13H22N2O. The molecule has 0 spiro atoms. The first-order valence-electron chi connectivity index (χ1n) is 5.71. The smallest absolute Gasteiger partial charge is 0.122 e. The van der Waals surface area contributed by atoms with Gasteiger partial charge in [-0.15, -0.1) is 0 Å². The first-order chi connectivity index (χ1) is 7.60. The third-order valence-electron chi connectivity index (χ3n) is 2.90. The maximum atomic E-state index is 6.15. The lowest BCUT2D eigenvalue weighted by Gasteiger charge is -2.17. The molecule has 1 aromatic carbocycles. The van der Waals surface area contributed by atoms with Gasteiger partial charge in [0, 0.05) is 6.04 Å². The number of hydrogen-bond donors (Lipinski definition) is 2. The minimum absolute atomic E-state index is 0.0770. The van der Waals surface area contributed by atoms with Crippen LogP contribution in [-0.4, -0.2) is 13.7 Å². The van der Waals surface area contributed by atoms with Crippen LogP contribution < -0.4 is 16.2 Å². The molecule has 0 aliphatic heterocycles. The van der Waals surface area contributed by atoms with Crippen molar-refractivity contribution in [3.05, 3.63) is 28.8 Å². The van der Waals surface area contributed by atoms with E-state index in [9.17, 15) is 0 Å². The summed E-state index contributed by atoms with van der Waals surface area (Å²) in [6.07, 6.45) is 1.90. The largest absolute Gasteiger partial charge is 0.496 e. The number of aryl methyl sites for hydroxylation is 2. The Morgan fingerprint density at radius 1 is 1.25 bits per heavy atom. The predicted molar refractivity (Wildman–Crippen MR) is 67.7 cm³/mol. The lowest BCUT2D eigenvalue weighted by atomic mass is 9.96. The van der Waals surface area contributed by atoms with Crippen LogP contribution in [0.25, 0.3) is 0 Å². The minimum Gasteiger partial charge on any atom is -0.496 e. The van der Waals surface area contributed by atoms with Crippen LogP contribution in [0.5, 0.6) is 5.75 Å². The molecule has 4 N–H and O–H groups in total. The summed E-state index contributed by atoms with van der Waals surface area (Å²) in [5.41, 5.74) is 15.2. The van der Waals surface area contributed by atoms with E-state index in [1.165, 1.54) is 11.1 Å². The van der Waals surface area contributed by atoms with E-state index in [1.54, 1.807) is 7.11 Å². The summed E-state index contributed by atoms with van der Waals surface area (Å²) in [7, 11) is 1.69. The fourth-order valence-corrected chi connectivity index (χ4v) is 1.92. The van der Waals surface area contributed by atoms with Crippen molar-refractivity contribution in [3.8, 4) is 5.75 Å². The number of benzene rings is 1. The second-order valence-electron chi connectivity index (χ2n) is 4.22. The van der Waals surface area contributed by atoms with Crippen molar-refractivity contribution in [1.82, 2.24) is 0 Å². The lowest BCUT2D eigenvalue weighted by Crippen LogP contribution is -2.14. The summed E-state index contributed by atoms with van der Waals surface area (Å²) < 4.78 is 5.28. The quantitative estimate of drug-likeness (QED) is 0.801. The summed E-state index contributed by atoms with van der Waals surface area (Å²) in [5, 5.41) is 0. The van der Waals surface area contributed by atoms with Gasteiger partial charge in [-0.25, -0.2) is 0 Å². The Labute approximate surface area is 97.8 Å². The van der Waals surface area contributed by atoms with Crippen LogP contribution in [0.15, 0.2) is 12.1 Å². The van der Waals surface area contributed by atoms with E-state index in [-0.39, 0.29) is 6.04 Å². The zero-order valence-electron chi connectivity index (χ0n) is 10.4. The molecule has 1 atom stereocenters. The molecule has 0 fully saturated rings. The van der Waals surface area contributed by atoms with E-state index in [4.69, 9.17) is 16.2 Å². The Balaban J connectivity index is 2.92. The summed E-state index contributed by atoms with van der Waals surface area (Å²) in [4.78, 5) is 0. The SMILES string of the molecule is COc1cc(C)c(C(N)CCCN)cc1C. The number of nitrogens with two attached hydrogens (primary N) is 2. The van der Waals surface area contributed by atoms with E-state index in [2.05, 4.69) is 13.0 Å². The average molecular weight is 222 g/mol. The first kappa shape index (κ1) is 13.0. The van der Waals surface area contributed by atoms with Gasteiger partial charge in [-0.05, 0) is 56.0 Å². The zero-order valence-corrected chi connectivity index (χ0v) is 10.4. The van der Waals surface area contributed by atoms with Crippen LogP contribution in [0.3, 0.4) is 0 Å². The number of methoxy groups -OCH3 is 1. The third-order valence-corrected chi connectivity index (χ3v) is 2.90. The van der Waals surface area contributed by atoms with E-state index < -0.39 is 0 Å². The topological polar surface area (TPSA) is 61.3 Å². The van der Waals surface area contributed by atoms with E-state index >= 15 is 0 Å². The van der Waals surface area contributed by atoms with Crippen LogP contribution in [0, 0.1) is 13.8 Å². The number of rotatable bonds is 5. The maximum absolute atomic E-state index is 6.15. The van der Waals surface area contributed by atoms with Gasteiger partial charge in [-0.3, -0.25) is 0 Å². The van der Waals surface area contributed by atoms with Gasteiger partial charge in [0.15, 0.2) is 0 Å². The molecule has 1 aromatic rings. The lowest BCUT2D eigenvalue weighted by molar-refractivity contribution is 0.411. The van der Waals surface area contributed by atoms with Crippen molar-refractivity contribution >= 4 is 0 Å². The van der Waals surface area contributed by atoms with Gasteiger partial charge in [-0.2, -0.15) is 0 Å². The molecule has 0 aliphatic carbocycles. The monoisotopic (exact) mass is 222 g/mol. The summed E-state index contributed by atoms with van der Waals surface area (Å²) in [6, 6.07) is 4.25. The van der Waals surface area contributed by atoms with Crippen molar-refractivity contribution < 1.29 is 4.74 Å². The standard InChI is InChI=1S/C13H22N2O/c1-9-8-13(16-3)10(2)7-11(9)12(15)5-4-6-14/h7-8,12H,4-6,14-15H2,1-3H3. The summed E-state index contributed by atoms with van der Waals surface area (Å²) in [6.45, 7) is 4.80. The van der Waals surface area contributed by atoms with Crippen LogP contribution in [0.1, 0.15) is 35.6 Å². The highest BCUT2D eigenvalue weighted by molar-refractivity contribution is 5.42. The molecule has 16 heavy (non-hydrogen) atoms. The van der Waals surface area contributed by atoms with E-state index in [0.717, 1.165) is 24.2 Å². The van der Waals surface area contributed by atoms with Gasteiger partial charge in [0.25, 0.3) is 0 Å². The Hall–Kier alpha value is -1.06. The Morgan fingerprint density at radius 2 is 1.94 bits per heavy atom. The fraction of sp³-hybridized carbons (Fsp3) is 0.538. The van der Waals surface area contributed by atoms with Gasteiger partial charge in [0.2, 0.25) is 0 Å². The van der Waals surface area contributed by atoms with Crippen LogP contribution in [0.4, 0.5) is 0 Å². The van der Waals surface area contributed by atoms with Crippen molar-refractivity contribution in [2.45, 2.75) is 32.7 Å². The van der Waals surface area contributed by atoms with Gasteiger partial charge >= 0.3 is 0 Å². The molecule has 0 saturated carbocycles. The van der Waals surface area contributed by atoms with Crippen molar-refractivity contribution in [1.29, 1.82) is 0 Å². The number of hydrogen-bond acceptors (Lipinski definition) is 3. The molecule has 3 heteroatoms. The molecule has 0 bridgehead atoms. The molecule has 0 saturated heterocycles. The van der Waals surface area contributed by atoms with Crippen LogP contribution in [-0.2, 0) is 0 Å². The molecule has 0 aliphatic rings. The highest BCUT2D eigenvalue weighted by atomic mass is 16.5. The molecule has 1 rings (SSSR count). The predicted octanol–water partition coefficient (Wildman–Crippen LogP) is 2.05. The summed E-state index contributed by atoms with van der Waals surface area (Å²) in [5.74, 6) is 0.923. The zero-order chi connectivity index (χ0) is 12.1. The minimum atomic E-state index is 0.0770. The van der Waals surface area contributed by atoms with Crippen molar-refractivity contribution in [2.75, 3.05) is 13.7 Å². The molecule has 90 valence electrons. The Kier molecular flexibility index (Phi) is 4.77. The number of ether oxygens (including phenoxy) is 1. The summed E-state index contributed by atoms with van der Waals surface area (Å²) >= 11 is 0. The Bertz CT molecular complexity index is 350. The van der Waals surface area contributed by atoms with Crippen LogP contribution >= 0.6 is 0 Å². The third kappa shape index (κ3) is 2.97. The van der Waals surface area contributed by atoms with Gasteiger partial charge in [0.1, 0.15) is 5.75 Å². The molecule has 0 heterocycles. The fourth-order valence-electron chi connectivity index (χ4n) is 1.92. The van der Waals surface area contributed by atoms with Gasteiger partial charge in [-0.1, -0.05) is 6.07 Å². The van der Waals surface area contributed by atoms with Gasteiger partial charge < -0.3 is 16.2 Å². The highest BCUT2D eigenvalue weighted by Crippen LogP contribution is 2.27. The highest BCUT2D eigenvalue weighted by Gasteiger charge is 2.11. The normalized spacial score (nSPS) is 12.6. The van der Waals surface area contributed by atoms with E-state index in [0.29, 0.717) is 6.54 Å². The van der Waals surface area contributed by atoms with Crippen molar-refractivity contribution in [2.24, 2.45) is 11.5 Å². The van der Waals surface area contributed by atoms with Gasteiger partial charge in [0.05, 0.1) is 7.11 Å². The van der Waals surface area contributed by atoms with Crippen molar-refractivity contribution in [3.63, 3.8) is 0 Å². The molecule has 0 aromatic heterocycles. The molecule has 1 unspecified atom stereocenters. The van der Waals surface area contributed by atoms with Crippen LogP contribution in [0.2, 0.25) is 0 Å². The second-order valence-corrected chi connectivity index (χ2v) is 4.22.